The molecule has 0 fully saturated rings. The Morgan fingerprint density at radius 1 is 1.00 bits per heavy atom. The Balaban J connectivity index is 2.29. The van der Waals surface area contributed by atoms with E-state index in [1.165, 1.54) is 0 Å². The number of benzene rings is 2. The number of hydrogen-bond acceptors (Lipinski definition) is 4. The smallest absolute Gasteiger partial charge is 0.174 e. The second-order valence-corrected chi connectivity index (χ2v) is 4.90. The first-order valence-electron chi connectivity index (χ1n) is 6.98. The third-order valence-electron chi connectivity index (χ3n) is 3.69. The fraction of sp³-hybridized carbons (Fsp3) is 0.167. The van der Waals surface area contributed by atoms with E-state index in [9.17, 15) is 0 Å². The molecule has 1 heterocycles. The highest BCUT2D eigenvalue weighted by Gasteiger charge is 2.21. The zero-order chi connectivity index (χ0) is 15.5. The van der Waals surface area contributed by atoms with Crippen LogP contribution in [0.1, 0.15) is 5.56 Å². The summed E-state index contributed by atoms with van der Waals surface area (Å²) < 4.78 is 16.5. The van der Waals surface area contributed by atoms with E-state index in [-0.39, 0.29) is 0 Å². The van der Waals surface area contributed by atoms with Crippen molar-refractivity contribution in [2.24, 2.45) is 0 Å². The molecule has 3 aromatic rings. The molecule has 0 N–H and O–H groups in total. The molecule has 0 bridgehead atoms. The molecule has 0 spiro atoms. The first kappa shape index (κ1) is 14.2. The lowest BCUT2D eigenvalue weighted by atomic mass is 9.95. The average Bonchev–Trinajstić information content (AvgIpc) is 3.09. The fourth-order valence-electron chi connectivity index (χ4n) is 2.64. The number of hydrogen-bond donors (Lipinski definition) is 0. The van der Waals surface area contributed by atoms with E-state index in [1.807, 2.05) is 31.2 Å². The summed E-state index contributed by atoms with van der Waals surface area (Å²) in [5.41, 5.74) is 3.99. The van der Waals surface area contributed by atoms with Crippen LogP contribution >= 0.6 is 0 Å². The standard InChI is InChI=1S/C18H17NO3/c1-12-14(13-7-5-4-6-8-13)11-16(20-2)17(18(12)21-3)15-9-10-19-22-15/h4-11H,1-3H3. The quantitative estimate of drug-likeness (QED) is 0.718. The van der Waals surface area contributed by atoms with E-state index in [0.717, 1.165) is 28.0 Å². The van der Waals surface area contributed by atoms with Crippen LogP contribution in [0.2, 0.25) is 0 Å². The molecular formula is C18H17NO3. The van der Waals surface area contributed by atoms with Gasteiger partial charge in [-0.05, 0) is 29.7 Å². The van der Waals surface area contributed by atoms with E-state index >= 15 is 0 Å². The SMILES string of the molecule is COc1cc(-c2ccccc2)c(C)c(OC)c1-c1ccno1. The van der Waals surface area contributed by atoms with Crippen LogP contribution in [0.15, 0.2) is 53.2 Å². The summed E-state index contributed by atoms with van der Waals surface area (Å²) >= 11 is 0. The van der Waals surface area contributed by atoms with Gasteiger partial charge in [0, 0.05) is 6.07 Å². The van der Waals surface area contributed by atoms with Crippen molar-refractivity contribution in [2.75, 3.05) is 14.2 Å². The summed E-state index contributed by atoms with van der Waals surface area (Å²) in [5, 5.41) is 3.77. The Bertz CT molecular complexity index is 765. The Labute approximate surface area is 129 Å². The summed E-state index contributed by atoms with van der Waals surface area (Å²) in [6.45, 7) is 2.03. The normalized spacial score (nSPS) is 10.5. The van der Waals surface area contributed by atoms with Crippen LogP contribution in [-0.2, 0) is 0 Å². The van der Waals surface area contributed by atoms with Crippen LogP contribution < -0.4 is 9.47 Å². The highest BCUT2D eigenvalue weighted by Crippen LogP contribution is 2.45. The molecular weight excluding hydrogens is 278 g/mol. The molecule has 4 heteroatoms. The molecule has 1 aromatic heterocycles. The third-order valence-corrected chi connectivity index (χ3v) is 3.69. The van der Waals surface area contributed by atoms with E-state index in [0.29, 0.717) is 11.5 Å². The Morgan fingerprint density at radius 2 is 1.77 bits per heavy atom. The van der Waals surface area contributed by atoms with Gasteiger partial charge < -0.3 is 14.0 Å². The largest absolute Gasteiger partial charge is 0.496 e. The Morgan fingerprint density at radius 3 is 2.36 bits per heavy atom. The first-order chi connectivity index (χ1) is 10.8. The lowest BCUT2D eigenvalue weighted by Gasteiger charge is -2.17. The van der Waals surface area contributed by atoms with Crippen molar-refractivity contribution in [1.29, 1.82) is 0 Å². The summed E-state index contributed by atoms with van der Waals surface area (Å²) in [4.78, 5) is 0. The van der Waals surface area contributed by atoms with Gasteiger partial charge in [0.15, 0.2) is 5.76 Å². The summed E-state index contributed by atoms with van der Waals surface area (Å²) in [7, 11) is 3.29. The fourth-order valence-corrected chi connectivity index (χ4v) is 2.64. The Kier molecular flexibility index (Phi) is 3.83. The molecule has 3 rings (SSSR count). The van der Waals surface area contributed by atoms with Gasteiger partial charge in [-0.25, -0.2) is 0 Å². The molecule has 112 valence electrons. The molecule has 0 aliphatic carbocycles. The van der Waals surface area contributed by atoms with Gasteiger partial charge in [0.2, 0.25) is 0 Å². The van der Waals surface area contributed by atoms with Crippen molar-refractivity contribution in [2.45, 2.75) is 6.92 Å². The third kappa shape index (κ3) is 2.33. The van der Waals surface area contributed by atoms with Crippen molar-refractivity contribution in [3.05, 3.63) is 54.2 Å². The molecule has 2 aromatic carbocycles. The second kappa shape index (κ2) is 5.93. The van der Waals surface area contributed by atoms with E-state index in [1.54, 1.807) is 26.5 Å². The van der Waals surface area contributed by atoms with E-state index in [4.69, 9.17) is 14.0 Å². The minimum atomic E-state index is 0.622. The highest BCUT2D eigenvalue weighted by molar-refractivity contribution is 5.83. The molecule has 4 nitrogen and oxygen atoms in total. The van der Waals surface area contributed by atoms with Crippen molar-refractivity contribution < 1.29 is 14.0 Å². The molecule has 0 radical (unpaired) electrons. The maximum absolute atomic E-state index is 5.64. The van der Waals surface area contributed by atoms with Crippen LogP contribution in [-0.4, -0.2) is 19.4 Å². The second-order valence-electron chi connectivity index (χ2n) is 4.90. The van der Waals surface area contributed by atoms with Crippen molar-refractivity contribution >= 4 is 0 Å². The van der Waals surface area contributed by atoms with Gasteiger partial charge in [-0.2, -0.15) is 0 Å². The summed E-state index contributed by atoms with van der Waals surface area (Å²) in [6, 6.07) is 13.9. The molecule has 0 saturated heterocycles. The minimum Gasteiger partial charge on any atom is -0.496 e. The van der Waals surface area contributed by atoms with E-state index in [2.05, 4.69) is 17.3 Å². The van der Waals surface area contributed by atoms with Crippen LogP contribution in [0, 0.1) is 6.92 Å². The molecule has 22 heavy (non-hydrogen) atoms. The lowest BCUT2D eigenvalue weighted by molar-refractivity contribution is 0.385. The van der Waals surface area contributed by atoms with Gasteiger partial charge >= 0.3 is 0 Å². The molecule has 0 aliphatic heterocycles. The number of aromatic nitrogens is 1. The minimum absolute atomic E-state index is 0.622. The van der Waals surface area contributed by atoms with E-state index < -0.39 is 0 Å². The van der Waals surface area contributed by atoms with Gasteiger partial charge in [0.1, 0.15) is 17.1 Å². The first-order valence-corrected chi connectivity index (χ1v) is 6.98. The molecule has 0 amide bonds. The molecule has 0 unspecified atom stereocenters. The van der Waals surface area contributed by atoms with Crippen LogP contribution in [0.5, 0.6) is 11.5 Å². The lowest BCUT2D eigenvalue weighted by Crippen LogP contribution is -1.98. The van der Waals surface area contributed by atoms with Crippen molar-refractivity contribution in [3.8, 4) is 33.9 Å². The highest BCUT2D eigenvalue weighted by atomic mass is 16.5. The van der Waals surface area contributed by atoms with Crippen LogP contribution in [0.4, 0.5) is 0 Å². The Hall–Kier alpha value is -2.75. The summed E-state index contributed by atoms with van der Waals surface area (Å²) in [6.07, 6.45) is 1.61. The maximum atomic E-state index is 5.64. The number of nitrogens with zero attached hydrogens (tertiary/aromatic N) is 1. The zero-order valence-electron chi connectivity index (χ0n) is 12.8. The van der Waals surface area contributed by atoms with Crippen molar-refractivity contribution in [1.82, 2.24) is 5.16 Å². The predicted molar refractivity (Wildman–Crippen MR) is 85.2 cm³/mol. The molecule has 0 aliphatic rings. The van der Waals surface area contributed by atoms with Gasteiger partial charge in [-0.3, -0.25) is 0 Å². The summed E-state index contributed by atoms with van der Waals surface area (Å²) in [5.74, 6) is 2.05. The van der Waals surface area contributed by atoms with Gasteiger partial charge in [0.25, 0.3) is 0 Å². The van der Waals surface area contributed by atoms with Crippen LogP contribution in [0.3, 0.4) is 0 Å². The monoisotopic (exact) mass is 295 g/mol. The number of ether oxygens (including phenoxy) is 2. The maximum Gasteiger partial charge on any atom is 0.174 e. The predicted octanol–water partition coefficient (Wildman–Crippen LogP) is 4.33. The van der Waals surface area contributed by atoms with Gasteiger partial charge in [-0.1, -0.05) is 35.5 Å². The van der Waals surface area contributed by atoms with Crippen molar-refractivity contribution in [3.63, 3.8) is 0 Å². The molecule has 0 saturated carbocycles. The average molecular weight is 295 g/mol. The number of rotatable bonds is 4. The topological polar surface area (TPSA) is 44.5 Å². The van der Waals surface area contributed by atoms with Gasteiger partial charge in [0.05, 0.1) is 20.4 Å². The zero-order valence-corrected chi connectivity index (χ0v) is 12.8. The van der Waals surface area contributed by atoms with Crippen LogP contribution in [0.25, 0.3) is 22.5 Å². The number of methoxy groups -OCH3 is 2. The van der Waals surface area contributed by atoms with Gasteiger partial charge in [-0.15, -0.1) is 0 Å². The molecule has 0 atom stereocenters.